The van der Waals surface area contributed by atoms with Gasteiger partial charge in [-0.2, -0.15) is 0 Å². The summed E-state index contributed by atoms with van der Waals surface area (Å²) in [6.45, 7) is 2.86. The lowest BCUT2D eigenvalue weighted by Gasteiger charge is -2.29. The number of aliphatic imine (C=N–C) groups is 1. The lowest BCUT2D eigenvalue weighted by Crippen LogP contribution is -2.33. The third-order valence-corrected chi connectivity index (χ3v) is 5.27. The summed E-state index contributed by atoms with van der Waals surface area (Å²) in [6, 6.07) is 5.89. The summed E-state index contributed by atoms with van der Waals surface area (Å²) in [5.41, 5.74) is 16.2. The number of nitrogens with two attached hydrogens (primary N) is 2. The number of carbonyl (C=O) groups excluding carboxylic acids is 1. The van der Waals surface area contributed by atoms with Crippen molar-refractivity contribution >= 4 is 11.7 Å². The molecule has 2 atom stereocenters. The van der Waals surface area contributed by atoms with E-state index in [-0.39, 0.29) is 0 Å². The Labute approximate surface area is 161 Å². The maximum Gasteiger partial charge on any atom is 0.258 e. The molecule has 1 aromatic carbocycles. The highest BCUT2D eigenvalue weighted by atomic mass is 16.5. The van der Waals surface area contributed by atoms with Crippen molar-refractivity contribution in [2.24, 2.45) is 16.5 Å². The number of carbonyl (C=O) groups is 1. The predicted octanol–water partition coefficient (Wildman–Crippen LogP) is 1.40. The van der Waals surface area contributed by atoms with Gasteiger partial charge >= 0.3 is 0 Å². The molecule has 8 nitrogen and oxygen atoms in total. The third-order valence-electron chi connectivity index (χ3n) is 5.27. The Morgan fingerprint density at radius 2 is 2.25 bits per heavy atom. The number of ether oxygens (including phenoxy) is 3. The molecule has 0 fully saturated rings. The highest BCUT2D eigenvalue weighted by Gasteiger charge is 2.36. The second-order valence-corrected chi connectivity index (χ2v) is 7.13. The van der Waals surface area contributed by atoms with Gasteiger partial charge in [-0.1, -0.05) is 0 Å². The topological polar surface area (TPSA) is 112 Å². The van der Waals surface area contributed by atoms with Crippen molar-refractivity contribution in [2.45, 2.75) is 25.7 Å². The van der Waals surface area contributed by atoms with Crippen LogP contribution in [0, 0.1) is 0 Å². The maximum absolute atomic E-state index is 11.4. The van der Waals surface area contributed by atoms with Crippen LogP contribution in [0.5, 0.6) is 5.75 Å². The number of hydrogen-bond donors (Lipinski definition) is 2. The minimum Gasteiger partial charge on any atom is -0.493 e. The van der Waals surface area contributed by atoms with Crippen LogP contribution < -0.4 is 16.2 Å². The van der Waals surface area contributed by atoms with Crippen molar-refractivity contribution in [3.63, 3.8) is 0 Å². The molecule has 0 aliphatic carbocycles. The largest absolute Gasteiger partial charge is 0.493 e. The molecule has 0 saturated carbocycles. The van der Waals surface area contributed by atoms with E-state index in [0.717, 1.165) is 46.9 Å². The normalized spacial score (nSPS) is 23.0. The van der Waals surface area contributed by atoms with Gasteiger partial charge in [-0.25, -0.2) is 4.99 Å². The van der Waals surface area contributed by atoms with E-state index in [1.807, 2.05) is 18.2 Å². The van der Waals surface area contributed by atoms with Crippen LogP contribution in [-0.4, -0.2) is 35.9 Å². The number of amidine groups is 1. The van der Waals surface area contributed by atoms with Gasteiger partial charge in [0.05, 0.1) is 11.3 Å². The molecule has 28 heavy (non-hydrogen) atoms. The fraction of sp³-hybridized carbons (Fsp3) is 0.300. The van der Waals surface area contributed by atoms with Gasteiger partial charge in [-0.3, -0.25) is 10.5 Å². The van der Waals surface area contributed by atoms with E-state index in [2.05, 4.69) is 4.90 Å². The summed E-state index contributed by atoms with van der Waals surface area (Å²) in [6.07, 6.45) is 2.94. The standard InChI is InChI=1S/C20H20N4O4/c1-10(18(21)25)27-16-9-26-8-11-2-3-24-17(11)15(16)7-23-20(24)13-4-12-5-14(6-13)28-19(12)22/h4-7,9-10,19H,2-3,8,22H2,1H3,(H2,21,25). The van der Waals surface area contributed by atoms with Gasteiger partial charge in [0.1, 0.15) is 24.5 Å². The zero-order valence-corrected chi connectivity index (χ0v) is 15.3. The van der Waals surface area contributed by atoms with E-state index < -0.39 is 18.2 Å². The first kappa shape index (κ1) is 16.9. The molecule has 2 unspecified atom stereocenters. The molecule has 5 rings (SSSR count). The zero-order valence-electron chi connectivity index (χ0n) is 15.3. The van der Waals surface area contributed by atoms with E-state index in [9.17, 15) is 4.79 Å². The Hall–Kier alpha value is -3.26. The second kappa shape index (κ2) is 6.13. The van der Waals surface area contributed by atoms with Gasteiger partial charge in [-0.15, -0.1) is 0 Å². The first-order valence-corrected chi connectivity index (χ1v) is 9.15. The number of amides is 1. The van der Waals surface area contributed by atoms with Gasteiger partial charge in [0, 0.05) is 23.9 Å². The van der Waals surface area contributed by atoms with E-state index in [4.69, 9.17) is 30.7 Å². The first-order valence-electron chi connectivity index (χ1n) is 9.15. The lowest BCUT2D eigenvalue weighted by molar-refractivity contribution is -0.126. The Kier molecular flexibility index (Phi) is 3.70. The van der Waals surface area contributed by atoms with Crippen molar-refractivity contribution in [3.05, 3.63) is 64.4 Å². The fourth-order valence-corrected chi connectivity index (χ4v) is 3.84. The molecular formula is C20H20N4O4. The number of primary amides is 1. The molecule has 0 aromatic heterocycles. The van der Waals surface area contributed by atoms with Gasteiger partial charge in [0.2, 0.25) is 0 Å². The summed E-state index contributed by atoms with van der Waals surface area (Å²) in [5, 5.41) is 0. The average molecular weight is 380 g/mol. The fourth-order valence-electron chi connectivity index (χ4n) is 3.84. The third kappa shape index (κ3) is 2.56. The van der Waals surface area contributed by atoms with E-state index >= 15 is 0 Å². The number of nitrogens with zero attached hydrogens (tertiary/aromatic N) is 2. The molecule has 4 aliphatic rings. The molecule has 0 radical (unpaired) electrons. The van der Waals surface area contributed by atoms with Gasteiger partial charge in [-0.05, 0) is 37.1 Å². The number of benzene rings is 1. The summed E-state index contributed by atoms with van der Waals surface area (Å²) < 4.78 is 17.0. The van der Waals surface area contributed by atoms with Crippen LogP contribution in [0.25, 0.3) is 0 Å². The lowest BCUT2D eigenvalue weighted by atomic mass is 10.0. The van der Waals surface area contributed by atoms with Crippen LogP contribution in [0.4, 0.5) is 0 Å². The summed E-state index contributed by atoms with van der Waals surface area (Å²) in [5.74, 6) is 1.49. The molecule has 144 valence electrons. The highest BCUT2D eigenvalue weighted by Crippen LogP contribution is 2.40. The van der Waals surface area contributed by atoms with Crippen molar-refractivity contribution in [3.8, 4) is 5.75 Å². The van der Waals surface area contributed by atoms with Crippen molar-refractivity contribution < 1.29 is 19.0 Å². The predicted molar refractivity (Wildman–Crippen MR) is 101 cm³/mol. The Balaban J connectivity index is 1.56. The van der Waals surface area contributed by atoms with Gasteiger partial charge in [0.25, 0.3) is 5.91 Å². The van der Waals surface area contributed by atoms with Gasteiger partial charge < -0.3 is 24.8 Å². The van der Waals surface area contributed by atoms with Crippen LogP contribution in [0.1, 0.15) is 30.7 Å². The summed E-state index contributed by atoms with van der Waals surface area (Å²) >= 11 is 0. The molecule has 0 saturated heterocycles. The summed E-state index contributed by atoms with van der Waals surface area (Å²) in [7, 11) is 0. The summed E-state index contributed by atoms with van der Waals surface area (Å²) in [4.78, 5) is 18.3. The Morgan fingerprint density at radius 1 is 1.39 bits per heavy atom. The molecule has 4 aliphatic heterocycles. The zero-order chi connectivity index (χ0) is 19.4. The van der Waals surface area contributed by atoms with Crippen molar-refractivity contribution in [2.75, 3.05) is 13.2 Å². The van der Waals surface area contributed by atoms with E-state index in [1.54, 1.807) is 13.1 Å². The van der Waals surface area contributed by atoms with Crippen molar-refractivity contribution in [1.29, 1.82) is 0 Å². The van der Waals surface area contributed by atoms with Crippen LogP contribution in [0.3, 0.4) is 0 Å². The maximum atomic E-state index is 11.4. The monoisotopic (exact) mass is 380 g/mol. The quantitative estimate of drug-likeness (QED) is 0.817. The number of hydrogen-bond acceptors (Lipinski definition) is 7. The molecule has 4 N–H and O–H groups in total. The molecule has 1 aromatic rings. The van der Waals surface area contributed by atoms with Crippen LogP contribution >= 0.6 is 0 Å². The highest BCUT2D eigenvalue weighted by molar-refractivity contribution is 6.02. The van der Waals surface area contributed by atoms with Crippen LogP contribution in [0.15, 0.2) is 58.3 Å². The number of fused-ring (bicyclic) bond motifs is 2. The van der Waals surface area contributed by atoms with Crippen molar-refractivity contribution in [1.82, 2.24) is 4.90 Å². The molecule has 8 heteroatoms. The van der Waals surface area contributed by atoms with Gasteiger partial charge in [0.15, 0.2) is 18.1 Å². The molecule has 4 heterocycles. The van der Waals surface area contributed by atoms with Crippen LogP contribution in [-0.2, 0) is 14.3 Å². The average Bonchev–Trinajstić information content (AvgIpc) is 3.14. The molecule has 1 amide bonds. The first-order chi connectivity index (χ1) is 13.5. The second-order valence-electron chi connectivity index (χ2n) is 7.13. The Morgan fingerprint density at radius 3 is 3.04 bits per heavy atom. The van der Waals surface area contributed by atoms with Crippen LogP contribution in [0.2, 0.25) is 0 Å². The Bertz CT molecular complexity index is 1010. The number of rotatable bonds is 4. The van der Waals surface area contributed by atoms with E-state index in [0.29, 0.717) is 12.4 Å². The minimum atomic E-state index is -0.773. The smallest absolute Gasteiger partial charge is 0.258 e. The van der Waals surface area contributed by atoms with E-state index in [1.165, 1.54) is 11.8 Å². The molecular weight excluding hydrogens is 360 g/mol. The SMILES string of the molecule is CC(OC1=COCC2=C3C1=CN=C(c1cc4cc(c1)C(N)O4)N3CC2)C(N)=O. The minimum absolute atomic E-state index is 0.433. The molecule has 2 bridgehead atoms. The molecule has 0 spiro atoms.